The number of anilines is 2. The average Bonchev–Trinajstić information content (AvgIpc) is 3.61. The van der Waals surface area contributed by atoms with Crippen LogP contribution in [0.3, 0.4) is 0 Å². The highest BCUT2D eigenvalue weighted by Gasteiger charge is 2.62. The molecule has 3 N–H and O–H groups in total. The Hall–Kier alpha value is -4.84. The van der Waals surface area contributed by atoms with E-state index in [1.807, 2.05) is 0 Å². The first kappa shape index (κ1) is 36.5. The normalized spacial score (nSPS) is 18.1. The molecule has 280 valence electrons. The predicted molar refractivity (Wildman–Crippen MR) is 184 cm³/mol. The van der Waals surface area contributed by atoms with E-state index in [0.29, 0.717) is 39.5 Å². The van der Waals surface area contributed by atoms with Crippen LogP contribution in [0.4, 0.5) is 37.8 Å². The van der Waals surface area contributed by atoms with Crippen LogP contribution in [0.5, 0.6) is 0 Å². The van der Waals surface area contributed by atoms with Crippen molar-refractivity contribution in [1.82, 2.24) is 29.9 Å². The van der Waals surface area contributed by atoms with Gasteiger partial charge in [0.15, 0.2) is 5.82 Å². The second-order valence-electron chi connectivity index (χ2n) is 13.2. The van der Waals surface area contributed by atoms with E-state index >= 15 is 8.78 Å². The fraction of sp³-hybridized carbons (Fsp3) is 0.353. The van der Waals surface area contributed by atoms with Crippen molar-refractivity contribution in [1.29, 1.82) is 0 Å². The zero-order valence-corrected chi connectivity index (χ0v) is 29.8. The van der Waals surface area contributed by atoms with Crippen molar-refractivity contribution in [2.45, 2.75) is 50.1 Å². The number of sulfonamides is 1. The number of aromatic nitrogens is 5. The minimum absolute atomic E-state index is 0.0589. The Morgan fingerprint density at radius 3 is 2.40 bits per heavy atom. The fourth-order valence-corrected chi connectivity index (χ4v) is 8.18. The molecular formula is C34H31ClF6N8O3S. The summed E-state index contributed by atoms with van der Waals surface area (Å²) in [5, 5.41) is 14.2. The second-order valence-corrected chi connectivity index (χ2v) is 15.3. The van der Waals surface area contributed by atoms with E-state index in [1.54, 1.807) is 26.2 Å². The lowest BCUT2D eigenvalue weighted by molar-refractivity contribution is -0.123. The van der Waals surface area contributed by atoms with E-state index in [4.69, 9.17) is 11.6 Å². The van der Waals surface area contributed by atoms with Gasteiger partial charge in [0, 0.05) is 42.8 Å². The SMILES string of the molecule is CNc1cnc([C@H](Cc2cc(F)cc(F)c2)NC(=O)Cn2nc(C(F)F)c3c2C(F)(F)[C@@H]2CC[C@H]32)c(-c2ccc(Cl)c3c(NS(C)(=O)=O)nn(C)c23)c1. The van der Waals surface area contributed by atoms with E-state index in [0.717, 1.165) is 18.4 Å². The van der Waals surface area contributed by atoms with E-state index in [1.165, 1.54) is 16.9 Å². The zero-order valence-electron chi connectivity index (χ0n) is 28.2. The van der Waals surface area contributed by atoms with Crippen molar-refractivity contribution < 1.29 is 39.6 Å². The molecule has 3 aromatic heterocycles. The maximum atomic E-state index is 15.5. The molecule has 0 aliphatic heterocycles. The third-order valence-corrected chi connectivity index (χ3v) is 10.6. The smallest absolute Gasteiger partial charge is 0.293 e. The molecule has 2 aliphatic rings. The highest BCUT2D eigenvalue weighted by molar-refractivity contribution is 7.92. The van der Waals surface area contributed by atoms with Crippen LogP contribution < -0.4 is 15.4 Å². The molecule has 53 heavy (non-hydrogen) atoms. The number of halogens is 7. The van der Waals surface area contributed by atoms with Gasteiger partial charge in [-0.05, 0) is 55.0 Å². The Morgan fingerprint density at radius 2 is 1.77 bits per heavy atom. The van der Waals surface area contributed by atoms with Crippen LogP contribution in [-0.4, -0.2) is 52.2 Å². The molecule has 3 heterocycles. The number of nitrogens with zero attached hydrogens (tertiary/aromatic N) is 5. The molecule has 1 amide bonds. The van der Waals surface area contributed by atoms with Gasteiger partial charge in [0.05, 0.1) is 45.8 Å². The number of pyridine rings is 1. The van der Waals surface area contributed by atoms with E-state index < -0.39 is 75.7 Å². The van der Waals surface area contributed by atoms with Crippen molar-refractivity contribution in [2.75, 3.05) is 23.3 Å². The first-order valence-corrected chi connectivity index (χ1v) is 18.6. The summed E-state index contributed by atoms with van der Waals surface area (Å²) in [6, 6.07) is 6.37. The van der Waals surface area contributed by atoms with E-state index in [-0.39, 0.29) is 45.9 Å². The molecule has 7 rings (SSSR count). The number of carbonyl (C=O) groups excluding carboxylic acids is 1. The average molecular weight is 781 g/mol. The van der Waals surface area contributed by atoms with Crippen molar-refractivity contribution in [3.8, 4) is 11.1 Å². The topological polar surface area (TPSA) is 136 Å². The molecule has 0 spiro atoms. The number of alkyl halides is 4. The molecule has 19 heteroatoms. The maximum Gasteiger partial charge on any atom is 0.293 e. The Kier molecular flexibility index (Phi) is 9.11. The van der Waals surface area contributed by atoms with Gasteiger partial charge in [-0.1, -0.05) is 17.7 Å². The lowest BCUT2D eigenvalue weighted by Gasteiger charge is -2.34. The number of benzene rings is 2. The van der Waals surface area contributed by atoms with Gasteiger partial charge in [-0.15, -0.1) is 0 Å². The van der Waals surface area contributed by atoms with E-state index in [2.05, 4.69) is 30.5 Å². The number of hydrogen-bond donors (Lipinski definition) is 3. The Balaban J connectivity index is 1.34. The largest absolute Gasteiger partial charge is 0.387 e. The molecule has 0 unspecified atom stereocenters. The third-order valence-electron chi connectivity index (χ3n) is 9.69. The van der Waals surface area contributed by atoms with Crippen LogP contribution in [-0.2, 0) is 40.8 Å². The van der Waals surface area contributed by atoms with Gasteiger partial charge in [-0.25, -0.2) is 26.0 Å². The molecule has 2 aromatic carbocycles. The molecule has 0 bridgehead atoms. The second kappa shape index (κ2) is 13.2. The predicted octanol–water partition coefficient (Wildman–Crippen LogP) is 6.81. The lowest BCUT2D eigenvalue weighted by Crippen LogP contribution is -2.36. The maximum absolute atomic E-state index is 15.5. The summed E-state index contributed by atoms with van der Waals surface area (Å²) in [5.41, 5.74) is 0.124. The van der Waals surface area contributed by atoms with Crippen molar-refractivity contribution in [3.05, 3.63) is 87.5 Å². The number of rotatable bonds is 11. The van der Waals surface area contributed by atoms with Crippen molar-refractivity contribution in [3.63, 3.8) is 0 Å². The minimum Gasteiger partial charge on any atom is -0.387 e. The summed E-state index contributed by atoms with van der Waals surface area (Å²) in [6.45, 7) is -0.866. The number of hydrogen-bond acceptors (Lipinski definition) is 7. The number of carbonyl (C=O) groups is 1. The van der Waals surface area contributed by atoms with Gasteiger partial charge in [0.2, 0.25) is 15.9 Å². The van der Waals surface area contributed by atoms with Crippen LogP contribution >= 0.6 is 11.6 Å². The monoisotopic (exact) mass is 780 g/mol. The van der Waals surface area contributed by atoms with Gasteiger partial charge >= 0.3 is 0 Å². The van der Waals surface area contributed by atoms with Crippen molar-refractivity contribution >= 4 is 49.9 Å². The van der Waals surface area contributed by atoms with Crippen molar-refractivity contribution in [2.24, 2.45) is 13.0 Å². The molecule has 3 atom stereocenters. The van der Waals surface area contributed by atoms with Crippen LogP contribution in [0, 0.1) is 17.6 Å². The van der Waals surface area contributed by atoms with Crippen LogP contribution in [0.2, 0.25) is 5.02 Å². The first-order chi connectivity index (χ1) is 25.0. The highest BCUT2D eigenvalue weighted by atomic mass is 35.5. The fourth-order valence-electron chi connectivity index (χ4n) is 7.45. The minimum atomic E-state index is -3.79. The van der Waals surface area contributed by atoms with Gasteiger partial charge in [-0.2, -0.15) is 19.0 Å². The number of nitrogens with one attached hydrogen (secondary N) is 3. The zero-order chi connectivity index (χ0) is 38.1. The summed E-state index contributed by atoms with van der Waals surface area (Å²) in [4.78, 5) is 18.4. The van der Waals surface area contributed by atoms with Gasteiger partial charge in [0.25, 0.3) is 12.3 Å². The highest BCUT2D eigenvalue weighted by Crippen LogP contribution is 2.63. The molecular weight excluding hydrogens is 750 g/mol. The first-order valence-electron chi connectivity index (χ1n) is 16.3. The summed E-state index contributed by atoms with van der Waals surface area (Å²) in [5.74, 6) is -8.20. The summed E-state index contributed by atoms with van der Waals surface area (Å²) in [6.07, 6.45) is -0.582. The van der Waals surface area contributed by atoms with Gasteiger partial charge in [-0.3, -0.25) is 23.9 Å². The molecule has 1 saturated carbocycles. The molecule has 5 aromatic rings. The van der Waals surface area contributed by atoms with Crippen LogP contribution in [0.25, 0.3) is 22.0 Å². The van der Waals surface area contributed by atoms with Gasteiger partial charge in [0.1, 0.15) is 29.6 Å². The molecule has 1 fully saturated rings. The lowest BCUT2D eigenvalue weighted by atomic mass is 9.73. The number of aryl methyl sites for hydroxylation is 1. The Labute approximate surface area is 303 Å². The van der Waals surface area contributed by atoms with E-state index in [9.17, 15) is 30.8 Å². The quantitative estimate of drug-likeness (QED) is 0.125. The third kappa shape index (κ3) is 6.55. The Morgan fingerprint density at radius 1 is 1.06 bits per heavy atom. The number of amides is 1. The standard InChI is InChI=1S/C34H31ClF6N8O3S/c1-42-18-12-21(19-5-7-23(35)27-30(19)48(2)46-33(27)47-53(3,51)52)28(43-13-18)24(10-15-8-16(36)11-17(37)9-15)44-25(50)14-49-31-26(29(45-49)32(38)39)20-4-6-22(20)34(31,40)41/h5,7-9,11-13,20,22,24,32,42H,4,6,10,14H2,1-3H3,(H,44,50)(H,46,47)/t20-,22+,24-/m0/s1. The molecule has 0 saturated heterocycles. The molecule has 11 nitrogen and oxygen atoms in total. The Bertz CT molecular complexity index is 2380. The number of fused-ring (bicyclic) bond motifs is 4. The van der Waals surface area contributed by atoms with Gasteiger partial charge < -0.3 is 10.6 Å². The van der Waals surface area contributed by atoms with Crippen LogP contribution in [0.1, 0.15) is 59.4 Å². The molecule has 0 radical (unpaired) electrons. The summed E-state index contributed by atoms with van der Waals surface area (Å²) in [7, 11) is -0.610. The molecule has 2 aliphatic carbocycles. The van der Waals surface area contributed by atoms with Crippen LogP contribution in [0.15, 0.2) is 42.6 Å². The summed E-state index contributed by atoms with van der Waals surface area (Å²) < 4.78 is 117. The summed E-state index contributed by atoms with van der Waals surface area (Å²) >= 11 is 6.56.